The zero-order valence-corrected chi connectivity index (χ0v) is 16.7. The van der Waals surface area contributed by atoms with Crippen molar-refractivity contribution in [2.45, 2.75) is 57.2 Å². The lowest BCUT2D eigenvalue weighted by molar-refractivity contribution is 0.0767. The fraction of sp³-hybridized carbons (Fsp3) is 0.522. The second kappa shape index (κ2) is 8.82. The standard InChI is InChI=1S/C23H30N2O3/c1-27-22-11-10-17-6-2-5-9-20(17)21(22)16-25(19-7-3-4-8-19)23(26)24-18-12-14-28-15-13-18/h2,5-6,9-11,18-19H,3-4,7-8,12-16H2,1H3,(H,24,26). The zero-order valence-electron chi connectivity index (χ0n) is 16.7. The number of hydrogen-bond donors (Lipinski definition) is 1. The third-order valence-electron chi connectivity index (χ3n) is 6.12. The first kappa shape index (κ1) is 19.1. The van der Waals surface area contributed by atoms with Crippen LogP contribution in [0.5, 0.6) is 5.75 Å². The fourth-order valence-electron chi connectivity index (χ4n) is 4.52. The van der Waals surface area contributed by atoms with Gasteiger partial charge in [-0.2, -0.15) is 0 Å². The van der Waals surface area contributed by atoms with Crippen molar-refractivity contribution in [2.24, 2.45) is 0 Å². The molecule has 1 aliphatic heterocycles. The average Bonchev–Trinajstić information content (AvgIpc) is 3.27. The summed E-state index contributed by atoms with van der Waals surface area (Å²) in [5, 5.41) is 5.60. The second-order valence-electron chi connectivity index (χ2n) is 7.87. The summed E-state index contributed by atoms with van der Waals surface area (Å²) < 4.78 is 11.1. The molecule has 5 nitrogen and oxygen atoms in total. The number of rotatable bonds is 5. The number of fused-ring (bicyclic) bond motifs is 1. The van der Waals surface area contributed by atoms with Crippen LogP contribution in [-0.4, -0.2) is 43.3 Å². The van der Waals surface area contributed by atoms with Gasteiger partial charge in [0.25, 0.3) is 0 Å². The molecule has 1 saturated carbocycles. The number of benzene rings is 2. The molecule has 28 heavy (non-hydrogen) atoms. The third-order valence-corrected chi connectivity index (χ3v) is 6.12. The van der Waals surface area contributed by atoms with Gasteiger partial charge in [-0.05, 0) is 42.5 Å². The lowest BCUT2D eigenvalue weighted by Gasteiger charge is -2.33. The summed E-state index contributed by atoms with van der Waals surface area (Å²) in [6.07, 6.45) is 6.32. The van der Waals surface area contributed by atoms with Crippen LogP contribution in [0.1, 0.15) is 44.1 Å². The number of carbonyl (C=O) groups excluding carboxylic acids is 1. The van der Waals surface area contributed by atoms with Crippen molar-refractivity contribution in [1.82, 2.24) is 10.2 Å². The maximum atomic E-state index is 13.3. The number of amides is 2. The summed E-state index contributed by atoms with van der Waals surface area (Å²) in [6, 6.07) is 13.0. The Hall–Kier alpha value is -2.27. The number of urea groups is 1. The number of hydrogen-bond acceptors (Lipinski definition) is 3. The summed E-state index contributed by atoms with van der Waals surface area (Å²) in [5.74, 6) is 0.848. The highest BCUT2D eigenvalue weighted by Crippen LogP contribution is 2.32. The second-order valence-corrected chi connectivity index (χ2v) is 7.87. The van der Waals surface area contributed by atoms with E-state index < -0.39 is 0 Å². The predicted molar refractivity (Wildman–Crippen MR) is 111 cm³/mol. The Morgan fingerprint density at radius 1 is 1.11 bits per heavy atom. The molecule has 2 aromatic rings. The van der Waals surface area contributed by atoms with Crippen LogP contribution in [0, 0.1) is 0 Å². The van der Waals surface area contributed by atoms with E-state index in [2.05, 4.69) is 23.5 Å². The molecule has 1 heterocycles. The maximum Gasteiger partial charge on any atom is 0.318 e. The molecule has 1 aliphatic carbocycles. The van der Waals surface area contributed by atoms with Crippen LogP contribution < -0.4 is 10.1 Å². The van der Waals surface area contributed by atoms with Gasteiger partial charge in [-0.25, -0.2) is 4.79 Å². The molecule has 1 N–H and O–H groups in total. The zero-order chi connectivity index (χ0) is 19.3. The first-order chi connectivity index (χ1) is 13.8. The van der Waals surface area contributed by atoms with Crippen LogP contribution in [0.25, 0.3) is 10.8 Å². The SMILES string of the molecule is COc1ccc2ccccc2c1CN(C(=O)NC1CCOCC1)C1CCCC1. The molecular formula is C23H30N2O3. The van der Waals surface area contributed by atoms with E-state index in [4.69, 9.17) is 9.47 Å². The van der Waals surface area contributed by atoms with Crippen molar-refractivity contribution in [2.75, 3.05) is 20.3 Å². The van der Waals surface area contributed by atoms with Crippen molar-refractivity contribution < 1.29 is 14.3 Å². The van der Waals surface area contributed by atoms with Crippen LogP contribution in [0.4, 0.5) is 4.79 Å². The van der Waals surface area contributed by atoms with Gasteiger partial charge in [0.1, 0.15) is 5.75 Å². The Kier molecular flexibility index (Phi) is 6.01. The lowest BCUT2D eigenvalue weighted by atomic mass is 10.0. The molecule has 5 heteroatoms. The smallest absolute Gasteiger partial charge is 0.318 e. The molecule has 0 unspecified atom stereocenters. The molecule has 0 atom stereocenters. The Morgan fingerprint density at radius 3 is 2.61 bits per heavy atom. The molecule has 0 aromatic heterocycles. The van der Waals surface area contributed by atoms with E-state index in [1.807, 2.05) is 23.1 Å². The largest absolute Gasteiger partial charge is 0.496 e. The molecule has 2 aliphatic rings. The number of ether oxygens (including phenoxy) is 2. The van der Waals surface area contributed by atoms with Gasteiger partial charge < -0.3 is 19.7 Å². The first-order valence-corrected chi connectivity index (χ1v) is 10.5. The van der Waals surface area contributed by atoms with Gasteiger partial charge in [0.05, 0.1) is 13.7 Å². The van der Waals surface area contributed by atoms with E-state index in [1.165, 1.54) is 18.2 Å². The monoisotopic (exact) mass is 382 g/mol. The van der Waals surface area contributed by atoms with Gasteiger partial charge in [0.2, 0.25) is 0 Å². The molecule has 0 radical (unpaired) electrons. The molecule has 0 bridgehead atoms. The van der Waals surface area contributed by atoms with Crippen LogP contribution in [0.15, 0.2) is 36.4 Å². The Bertz CT molecular complexity index is 811. The predicted octanol–water partition coefficient (Wildman–Crippen LogP) is 4.48. The molecule has 2 aromatic carbocycles. The van der Waals surface area contributed by atoms with Gasteiger partial charge in [0.15, 0.2) is 0 Å². The summed E-state index contributed by atoms with van der Waals surface area (Å²) in [6.45, 7) is 2.03. The minimum absolute atomic E-state index is 0.0498. The quantitative estimate of drug-likeness (QED) is 0.829. The lowest BCUT2D eigenvalue weighted by Crippen LogP contribution is -2.49. The number of methoxy groups -OCH3 is 1. The van der Waals surface area contributed by atoms with E-state index in [1.54, 1.807) is 7.11 Å². The summed E-state index contributed by atoms with van der Waals surface area (Å²) in [4.78, 5) is 15.3. The number of nitrogens with zero attached hydrogens (tertiary/aromatic N) is 1. The van der Waals surface area contributed by atoms with Crippen molar-refractivity contribution in [3.63, 3.8) is 0 Å². The van der Waals surface area contributed by atoms with Crippen LogP contribution in [0.2, 0.25) is 0 Å². The molecule has 150 valence electrons. The molecule has 4 rings (SSSR count). The molecular weight excluding hydrogens is 352 g/mol. The Morgan fingerprint density at radius 2 is 1.86 bits per heavy atom. The minimum Gasteiger partial charge on any atom is -0.496 e. The summed E-state index contributed by atoms with van der Waals surface area (Å²) in [7, 11) is 1.70. The van der Waals surface area contributed by atoms with E-state index >= 15 is 0 Å². The Labute approximate surface area is 167 Å². The van der Waals surface area contributed by atoms with Crippen molar-refractivity contribution >= 4 is 16.8 Å². The third kappa shape index (κ3) is 4.09. The summed E-state index contributed by atoms with van der Waals surface area (Å²) >= 11 is 0. The topological polar surface area (TPSA) is 50.8 Å². The van der Waals surface area contributed by atoms with Crippen LogP contribution >= 0.6 is 0 Å². The number of carbonyl (C=O) groups is 1. The van der Waals surface area contributed by atoms with Gasteiger partial charge >= 0.3 is 6.03 Å². The normalized spacial score (nSPS) is 18.3. The van der Waals surface area contributed by atoms with Gasteiger partial charge in [-0.15, -0.1) is 0 Å². The molecule has 0 spiro atoms. The van der Waals surface area contributed by atoms with Gasteiger partial charge in [0, 0.05) is 30.9 Å². The molecule has 2 amide bonds. The van der Waals surface area contributed by atoms with Gasteiger partial charge in [-0.1, -0.05) is 43.2 Å². The number of nitrogens with one attached hydrogen (secondary N) is 1. The minimum atomic E-state index is 0.0498. The highest BCUT2D eigenvalue weighted by Gasteiger charge is 2.29. The first-order valence-electron chi connectivity index (χ1n) is 10.5. The highest BCUT2D eigenvalue weighted by molar-refractivity contribution is 5.88. The van der Waals surface area contributed by atoms with E-state index in [0.717, 1.165) is 55.6 Å². The van der Waals surface area contributed by atoms with Crippen molar-refractivity contribution in [1.29, 1.82) is 0 Å². The van der Waals surface area contributed by atoms with Crippen molar-refractivity contribution in [3.8, 4) is 5.75 Å². The highest BCUT2D eigenvalue weighted by atomic mass is 16.5. The van der Waals surface area contributed by atoms with E-state index in [9.17, 15) is 4.79 Å². The Balaban J connectivity index is 1.62. The maximum absolute atomic E-state index is 13.3. The van der Waals surface area contributed by atoms with Crippen molar-refractivity contribution in [3.05, 3.63) is 42.0 Å². The van der Waals surface area contributed by atoms with E-state index in [-0.39, 0.29) is 12.1 Å². The summed E-state index contributed by atoms with van der Waals surface area (Å²) in [5.41, 5.74) is 1.09. The van der Waals surface area contributed by atoms with Crippen LogP contribution in [-0.2, 0) is 11.3 Å². The fourth-order valence-corrected chi connectivity index (χ4v) is 4.52. The molecule has 1 saturated heterocycles. The van der Waals surface area contributed by atoms with Crippen LogP contribution in [0.3, 0.4) is 0 Å². The average molecular weight is 383 g/mol. The van der Waals surface area contributed by atoms with E-state index in [0.29, 0.717) is 12.6 Å². The van der Waals surface area contributed by atoms with Gasteiger partial charge in [-0.3, -0.25) is 0 Å². The molecule has 2 fully saturated rings.